The number of imidazole rings is 1. The monoisotopic (exact) mass is 469 g/mol. The van der Waals surface area contributed by atoms with E-state index < -0.39 is 0 Å². The van der Waals surface area contributed by atoms with Crippen LogP contribution in [0.25, 0.3) is 28.3 Å². The van der Waals surface area contributed by atoms with Crippen LogP contribution in [0.1, 0.15) is 12.0 Å². The lowest BCUT2D eigenvalue weighted by atomic mass is 9.79. The van der Waals surface area contributed by atoms with Gasteiger partial charge in [-0.1, -0.05) is 12.1 Å². The standard InChI is InChI=1S/C28H28FN5O/c29-23-3-1-20(2-4-23)21-14-26-27-30-8-10-34(27)25-6-5-24(13-22(25)16-33(26)15-21)32-9-7-28(19-32)17-31(18-28)11-12-35/h1-6,8,10,13-15,35H,7,9,11-12,16-19H2. The van der Waals surface area contributed by atoms with E-state index in [9.17, 15) is 9.50 Å². The molecular formula is C28H28FN5O. The van der Waals surface area contributed by atoms with E-state index in [2.05, 4.69) is 54.4 Å². The van der Waals surface area contributed by atoms with Crippen molar-refractivity contribution in [3.05, 3.63) is 78.5 Å². The van der Waals surface area contributed by atoms with Crippen LogP contribution < -0.4 is 4.90 Å². The second-order valence-corrected chi connectivity index (χ2v) is 10.3. The number of halogens is 1. The first kappa shape index (κ1) is 20.9. The summed E-state index contributed by atoms with van der Waals surface area (Å²) in [5, 5.41) is 9.22. The third-order valence-corrected chi connectivity index (χ3v) is 7.95. The predicted molar refractivity (Wildman–Crippen MR) is 134 cm³/mol. The Hall–Kier alpha value is -3.42. The van der Waals surface area contributed by atoms with Crippen molar-refractivity contribution in [2.75, 3.05) is 44.2 Å². The molecular weight excluding hydrogens is 441 g/mol. The number of β-amino-alcohol motifs (C(OH)–C–C–N with tert-alkyl or cyclic N) is 1. The summed E-state index contributed by atoms with van der Waals surface area (Å²) in [5.41, 5.74) is 7.20. The van der Waals surface area contributed by atoms with Gasteiger partial charge in [0.2, 0.25) is 0 Å². The topological polar surface area (TPSA) is 49.5 Å². The summed E-state index contributed by atoms with van der Waals surface area (Å²) in [4.78, 5) is 9.57. The van der Waals surface area contributed by atoms with Gasteiger partial charge in [-0.15, -0.1) is 0 Å². The van der Waals surface area contributed by atoms with Gasteiger partial charge in [-0.2, -0.15) is 0 Å². The number of fused-ring (bicyclic) bond motifs is 5. The first-order chi connectivity index (χ1) is 17.1. The number of hydrogen-bond donors (Lipinski definition) is 1. The van der Waals surface area contributed by atoms with Crippen LogP contribution in [0.5, 0.6) is 0 Å². The molecule has 2 aromatic heterocycles. The van der Waals surface area contributed by atoms with E-state index in [1.165, 1.54) is 35.5 Å². The Morgan fingerprint density at radius 2 is 1.86 bits per heavy atom. The number of benzene rings is 2. The maximum atomic E-state index is 13.5. The van der Waals surface area contributed by atoms with E-state index in [1.54, 1.807) is 0 Å². The molecule has 4 aromatic rings. The summed E-state index contributed by atoms with van der Waals surface area (Å²) >= 11 is 0. The van der Waals surface area contributed by atoms with E-state index in [0.717, 1.165) is 61.9 Å². The average Bonchev–Trinajstić information content (AvgIpc) is 3.57. The van der Waals surface area contributed by atoms with Gasteiger partial charge in [0.25, 0.3) is 0 Å². The van der Waals surface area contributed by atoms with Gasteiger partial charge in [-0.3, -0.25) is 9.47 Å². The van der Waals surface area contributed by atoms with Crippen LogP contribution in [-0.2, 0) is 6.54 Å². The van der Waals surface area contributed by atoms with Crippen molar-refractivity contribution < 1.29 is 9.50 Å². The number of aromatic nitrogens is 3. The summed E-state index contributed by atoms with van der Waals surface area (Å²) in [6, 6.07) is 15.6. The fourth-order valence-corrected chi connectivity index (χ4v) is 6.25. The zero-order valence-electron chi connectivity index (χ0n) is 19.6. The van der Waals surface area contributed by atoms with Crippen molar-refractivity contribution in [3.63, 3.8) is 0 Å². The molecule has 3 aliphatic rings. The van der Waals surface area contributed by atoms with Gasteiger partial charge < -0.3 is 14.6 Å². The van der Waals surface area contributed by atoms with Gasteiger partial charge >= 0.3 is 0 Å². The largest absolute Gasteiger partial charge is 0.395 e. The van der Waals surface area contributed by atoms with Crippen LogP contribution in [0.3, 0.4) is 0 Å². The molecule has 0 atom stereocenters. The summed E-state index contributed by atoms with van der Waals surface area (Å²) in [6.45, 7) is 6.11. The molecule has 35 heavy (non-hydrogen) atoms. The molecule has 3 aliphatic heterocycles. The Labute approximate surface area is 203 Å². The first-order valence-electron chi connectivity index (χ1n) is 12.3. The van der Waals surface area contributed by atoms with Crippen molar-refractivity contribution in [3.8, 4) is 28.3 Å². The van der Waals surface area contributed by atoms with Crippen LogP contribution >= 0.6 is 0 Å². The molecule has 1 spiro atoms. The fourth-order valence-electron chi connectivity index (χ4n) is 6.25. The number of rotatable bonds is 4. The molecule has 0 bridgehead atoms. The second-order valence-electron chi connectivity index (χ2n) is 10.3. The quantitative estimate of drug-likeness (QED) is 0.432. The molecule has 0 radical (unpaired) electrons. The number of aliphatic hydroxyl groups excluding tert-OH is 1. The lowest BCUT2D eigenvalue weighted by Gasteiger charge is -2.48. The highest BCUT2D eigenvalue weighted by Crippen LogP contribution is 2.42. The van der Waals surface area contributed by atoms with E-state index in [1.807, 2.05) is 24.5 Å². The smallest absolute Gasteiger partial charge is 0.161 e. The molecule has 2 fully saturated rings. The zero-order chi connectivity index (χ0) is 23.6. The summed E-state index contributed by atoms with van der Waals surface area (Å²) in [7, 11) is 0. The minimum atomic E-state index is -0.224. The lowest BCUT2D eigenvalue weighted by molar-refractivity contribution is 0.00716. The van der Waals surface area contributed by atoms with E-state index in [4.69, 9.17) is 0 Å². The molecule has 1 N–H and O–H groups in total. The minimum absolute atomic E-state index is 0.224. The zero-order valence-corrected chi connectivity index (χ0v) is 19.6. The lowest BCUT2D eigenvalue weighted by Crippen LogP contribution is -2.58. The third-order valence-electron chi connectivity index (χ3n) is 7.95. The Bertz CT molecular complexity index is 1400. The molecule has 178 valence electrons. The highest BCUT2D eigenvalue weighted by molar-refractivity contribution is 5.72. The highest BCUT2D eigenvalue weighted by atomic mass is 19.1. The number of nitrogens with zero attached hydrogens (tertiary/aromatic N) is 5. The van der Waals surface area contributed by atoms with Crippen LogP contribution in [-0.4, -0.2) is 63.5 Å². The van der Waals surface area contributed by atoms with Gasteiger partial charge in [-0.05, 0) is 53.9 Å². The van der Waals surface area contributed by atoms with E-state index >= 15 is 0 Å². The van der Waals surface area contributed by atoms with Crippen molar-refractivity contribution >= 4 is 5.69 Å². The molecule has 0 aliphatic carbocycles. The van der Waals surface area contributed by atoms with Crippen molar-refractivity contribution in [1.82, 2.24) is 19.0 Å². The Kier molecular flexibility index (Phi) is 4.66. The fraction of sp³-hybridized carbons (Fsp3) is 0.321. The van der Waals surface area contributed by atoms with Gasteiger partial charge in [-0.25, -0.2) is 9.37 Å². The normalized spacial score (nSPS) is 18.2. The first-order valence-corrected chi connectivity index (χ1v) is 12.3. The Morgan fingerprint density at radius 3 is 2.69 bits per heavy atom. The minimum Gasteiger partial charge on any atom is -0.395 e. The highest BCUT2D eigenvalue weighted by Gasteiger charge is 2.47. The second kappa shape index (κ2) is 7.80. The average molecular weight is 470 g/mol. The summed E-state index contributed by atoms with van der Waals surface area (Å²) < 4.78 is 17.9. The summed E-state index contributed by atoms with van der Waals surface area (Å²) in [6.07, 6.45) is 7.24. The molecule has 5 heterocycles. The van der Waals surface area contributed by atoms with Gasteiger partial charge in [0.05, 0.1) is 18.0 Å². The molecule has 0 amide bonds. The van der Waals surface area contributed by atoms with Crippen LogP contribution in [0.4, 0.5) is 10.1 Å². The molecule has 0 unspecified atom stereocenters. The molecule has 7 heteroatoms. The SMILES string of the molecule is OCCN1CC2(CCN(c3ccc4c(c3)Cn3cc(-c5ccc(F)cc5)cc3-c3nccn3-4)C2)C1. The molecule has 7 rings (SSSR count). The number of anilines is 1. The number of aliphatic hydroxyl groups is 1. The predicted octanol–water partition coefficient (Wildman–Crippen LogP) is 4.01. The molecule has 2 aromatic carbocycles. The van der Waals surface area contributed by atoms with E-state index in [0.29, 0.717) is 5.41 Å². The maximum absolute atomic E-state index is 13.5. The third kappa shape index (κ3) is 3.41. The number of likely N-dealkylation sites (tertiary alicyclic amines) is 1. The van der Waals surface area contributed by atoms with Gasteiger partial charge in [0, 0.05) is 74.5 Å². The maximum Gasteiger partial charge on any atom is 0.161 e. The van der Waals surface area contributed by atoms with Crippen LogP contribution in [0, 0.1) is 11.2 Å². The van der Waals surface area contributed by atoms with E-state index in [-0.39, 0.29) is 12.4 Å². The Balaban J connectivity index is 1.21. The van der Waals surface area contributed by atoms with Crippen LogP contribution in [0.15, 0.2) is 67.1 Å². The summed E-state index contributed by atoms with van der Waals surface area (Å²) in [5.74, 6) is 0.696. The Morgan fingerprint density at radius 1 is 1.00 bits per heavy atom. The molecule has 2 saturated heterocycles. The van der Waals surface area contributed by atoms with Crippen molar-refractivity contribution in [2.24, 2.45) is 5.41 Å². The van der Waals surface area contributed by atoms with Gasteiger partial charge in [0.1, 0.15) is 5.82 Å². The van der Waals surface area contributed by atoms with Gasteiger partial charge in [0.15, 0.2) is 5.82 Å². The molecule has 6 nitrogen and oxygen atoms in total. The number of hydrogen-bond acceptors (Lipinski definition) is 4. The molecule has 0 saturated carbocycles. The van der Waals surface area contributed by atoms with Crippen molar-refractivity contribution in [1.29, 1.82) is 0 Å². The van der Waals surface area contributed by atoms with Crippen LogP contribution in [0.2, 0.25) is 0 Å². The van der Waals surface area contributed by atoms with Crippen molar-refractivity contribution in [2.45, 2.75) is 13.0 Å².